The molecule has 1 fully saturated rings. The van der Waals surface area contributed by atoms with Crippen molar-refractivity contribution in [1.82, 2.24) is 20.1 Å². The molecule has 3 rings (SSSR count). The zero-order valence-corrected chi connectivity index (χ0v) is 12.2. The van der Waals surface area contributed by atoms with Gasteiger partial charge in [0.15, 0.2) is 0 Å². The Labute approximate surface area is 124 Å². The van der Waals surface area contributed by atoms with Gasteiger partial charge in [0.2, 0.25) is 0 Å². The molecule has 5 nitrogen and oxygen atoms in total. The number of carbonyl (C=O) groups excluding carboxylic acids is 1. The highest BCUT2D eigenvalue weighted by atomic mass is 16.1. The molecule has 1 aromatic heterocycles. The number of nitrogens with one attached hydrogen (secondary N) is 1. The van der Waals surface area contributed by atoms with Crippen LogP contribution in [0, 0.1) is 5.92 Å². The Kier molecular flexibility index (Phi) is 3.99. The maximum absolute atomic E-state index is 12.3. The molecule has 0 aliphatic heterocycles. The molecular weight excluding hydrogens is 264 g/mol. The lowest BCUT2D eigenvalue weighted by atomic mass is 9.86. The largest absolute Gasteiger partial charge is 0.349 e. The molecule has 1 aliphatic rings. The molecule has 0 unspecified atom stereocenters. The predicted molar refractivity (Wildman–Crippen MR) is 80.2 cm³/mol. The summed E-state index contributed by atoms with van der Waals surface area (Å²) in [4.78, 5) is 16.2. The second-order valence-electron chi connectivity index (χ2n) is 5.73. The zero-order chi connectivity index (χ0) is 14.7. The molecule has 0 saturated heterocycles. The fourth-order valence-corrected chi connectivity index (χ4v) is 2.89. The molecule has 1 heterocycles. The van der Waals surface area contributed by atoms with Crippen LogP contribution in [0.15, 0.2) is 36.9 Å². The first-order chi connectivity index (χ1) is 10.2. The van der Waals surface area contributed by atoms with Crippen LogP contribution in [0.5, 0.6) is 0 Å². The number of aromatic nitrogens is 3. The summed E-state index contributed by atoms with van der Waals surface area (Å²) in [6, 6.07) is 7.74. The first kappa shape index (κ1) is 13.8. The molecule has 2 atom stereocenters. The van der Waals surface area contributed by atoms with E-state index in [9.17, 15) is 4.79 Å². The maximum atomic E-state index is 12.3. The minimum atomic E-state index is 0.0129. The summed E-state index contributed by atoms with van der Waals surface area (Å²) >= 11 is 0. The minimum Gasteiger partial charge on any atom is -0.349 e. The van der Waals surface area contributed by atoms with Crippen LogP contribution in [0.1, 0.15) is 43.0 Å². The van der Waals surface area contributed by atoms with Gasteiger partial charge in [0.05, 0.1) is 5.69 Å². The van der Waals surface area contributed by atoms with Crippen molar-refractivity contribution in [2.75, 3.05) is 0 Å². The van der Waals surface area contributed by atoms with Gasteiger partial charge in [-0.2, -0.15) is 5.10 Å². The molecule has 0 radical (unpaired) electrons. The van der Waals surface area contributed by atoms with Crippen molar-refractivity contribution in [2.24, 2.45) is 5.92 Å². The highest BCUT2D eigenvalue weighted by molar-refractivity contribution is 5.94. The van der Waals surface area contributed by atoms with Crippen LogP contribution in [0.25, 0.3) is 5.69 Å². The number of hydrogen-bond donors (Lipinski definition) is 1. The highest BCUT2D eigenvalue weighted by Crippen LogP contribution is 2.24. The van der Waals surface area contributed by atoms with Crippen molar-refractivity contribution in [3.8, 4) is 5.69 Å². The maximum Gasteiger partial charge on any atom is 0.251 e. The van der Waals surface area contributed by atoms with E-state index in [0.717, 1.165) is 12.1 Å². The number of benzene rings is 1. The number of carbonyl (C=O) groups is 1. The summed E-state index contributed by atoms with van der Waals surface area (Å²) in [6.45, 7) is 2.22. The molecule has 1 N–H and O–H groups in total. The summed E-state index contributed by atoms with van der Waals surface area (Å²) in [5.41, 5.74) is 1.59. The van der Waals surface area contributed by atoms with E-state index in [2.05, 4.69) is 22.3 Å². The molecule has 21 heavy (non-hydrogen) atoms. The molecule has 5 heteroatoms. The molecule has 1 aliphatic carbocycles. The Bertz CT molecular complexity index is 591. The van der Waals surface area contributed by atoms with Crippen molar-refractivity contribution in [2.45, 2.75) is 38.6 Å². The molecule has 110 valence electrons. The summed E-state index contributed by atoms with van der Waals surface area (Å²) in [5, 5.41) is 7.23. The fourth-order valence-electron chi connectivity index (χ4n) is 2.89. The van der Waals surface area contributed by atoms with Crippen molar-refractivity contribution in [3.63, 3.8) is 0 Å². The van der Waals surface area contributed by atoms with E-state index in [1.165, 1.54) is 25.6 Å². The third-order valence-electron chi connectivity index (χ3n) is 4.24. The summed E-state index contributed by atoms with van der Waals surface area (Å²) in [5.74, 6) is 0.580. The second-order valence-corrected chi connectivity index (χ2v) is 5.73. The van der Waals surface area contributed by atoms with E-state index in [0.29, 0.717) is 17.5 Å². The Morgan fingerprint density at radius 3 is 2.67 bits per heavy atom. The first-order valence-corrected chi connectivity index (χ1v) is 7.50. The molecule has 2 aromatic rings. The van der Waals surface area contributed by atoms with Gasteiger partial charge in [0.1, 0.15) is 12.7 Å². The van der Waals surface area contributed by atoms with Crippen LogP contribution < -0.4 is 5.32 Å². The SMILES string of the molecule is C[C@H]1CCCC[C@@H]1NC(=O)c1ccc(-n2cncn2)cc1. The number of nitrogens with zero attached hydrogens (tertiary/aromatic N) is 3. The topological polar surface area (TPSA) is 59.8 Å². The molecular formula is C16H20N4O. The van der Waals surface area contributed by atoms with E-state index in [1.807, 2.05) is 24.3 Å². The Balaban J connectivity index is 1.67. The smallest absolute Gasteiger partial charge is 0.251 e. The summed E-state index contributed by atoms with van der Waals surface area (Å²) in [6.07, 6.45) is 7.91. The van der Waals surface area contributed by atoms with Crippen LogP contribution in [-0.2, 0) is 0 Å². The van der Waals surface area contributed by atoms with Crippen LogP contribution in [0.2, 0.25) is 0 Å². The number of amides is 1. The lowest BCUT2D eigenvalue weighted by molar-refractivity contribution is 0.0910. The van der Waals surface area contributed by atoms with Crippen molar-refractivity contribution in [3.05, 3.63) is 42.5 Å². The van der Waals surface area contributed by atoms with Crippen molar-refractivity contribution in [1.29, 1.82) is 0 Å². The molecule has 1 amide bonds. The third-order valence-corrected chi connectivity index (χ3v) is 4.24. The van der Waals surface area contributed by atoms with Crippen molar-refractivity contribution >= 4 is 5.91 Å². The number of rotatable bonds is 3. The minimum absolute atomic E-state index is 0.0129. The number of hydrogen-bond acceptors (Lipinski definition) is 3. The van der Waals surface area contributed by atoms with Gasteiger partial charge >= 0.3 is 0 Å². The average Bonchev–Trinajstić information content (AvgIpc) is 3.04. The molecule has 1 saturated carbocycles. The third kappa shape index (κ3) is 3.12. The van der Waals surface area contributed by atoms with Gasteiger partial charge in [-0.15, -0.1) is 0 Å². The monoisotopic (exact) mass is 284 g/mol. The van der Waals surface area contributed by atoms with Gasteiger partial charge in [0, 0.05) is 11.6 Å². The predicted octanol–water partition coefficient (Wildman–Crippen LogP) is 2.58. The first-order valence-electron chi connectivity index (χ1n) is 7.50. The van der Waals surface area contributed by atoms with Gasteiger partial charge in [-0.3, -0.25) is 4.79 Å². The lowest BCUT2D eigenvalue weighted by Gasteiger charge is -2.29. The second kappa shape index (κ2) is 6.08. The zero-order valence-electron chi connectivity index (χ0n) is 12.2. The Morgan fingerprint density at radius 1 is 1.24 bits per heavy atom. The van der Waals surface area contributed by atoms with Crippen LogP contribution in [0.4, 0.5) is 0 Å². The van der Waals surface area contributed by atoms with Crippen LogP contribution in [0.3, 0.4) is 0 Å². The van der Waals surface area contributed by atoms with Crippen LogP contribution >= 0.6 is 0 Å². The van der Waals surface area contributed by atoms with E-state index in [4.69, 9.17) is 0 Å². The van der Waals surface area contributed by atoms with Gasteiger partial charge in [0.25, 0.3) is 5.91 Å². The molecule has 0 bridgehead atoms. The Morgan fingerprint density at radius 2 is 2.00 bits per heavy atom. The quantitative estimate of drug-likeness (QED) is 0.942. The average molecular weight is 284 g/mol. The molecule has 1 aromatic carbocycles. The summed E-state index contributed by atoms with van der Waals surface area (Å²) < 4.78 is 1.67. The fraction of sp³-hybridized carbons (Fsp3) is 0.438. The van der Waals surface area contributed by atoms with E-state index >= 15 is 0 Å². The van der Waals surface area contributed by atoms with Gasteiger partial charge in [-0.1, -0.05) is 19.8 Å². The van der Waals surface area contributed by atoms with Crippen molar-refractivity contribution < 1.29 is 4.79 Å². The normalized spacial score (nSPS) is 22.0. The van der Waals surface area contributed by atoms with E-state index in [-0.39, 0.29) is 5.91 Å². The lowest BCUT2D eigenvalue weighted by Crippen LogP contribution is -2.41. The standard InChI is InChI=1S/C16H20N4O/c1-12-4-2-3-5-15(12)19-16(21)13-6-8-14(9-7-13)20-11-17-10-18-20/h6-12,15H,2-5H2,1H3,(H,19,21)/t12-,15-/m0/s1. The van der Waals surface area contributed by atoms with Gasteiger partial charge < -0.3 is 5.32 Å². The highest BCUT2D eigenvalue weighted by Gasteiger charge is 2.23. The Hall–Kier alpha value is -2.17. The van der Waals surface area contributed by atoms with Gasteiger partial charge in [-0.05, 0) is 43.0 Å². The van der Waals surface area contributed by atoms with Crippen LogP contribution in [-0.4, -0.2) is 26.7 Å². The van der Waals surface area contributed by atoms with E-state index in [1.54, 1.807) is 11.0 Å². The van der Waals surface area contributed by atoms with Gasteiger partial charge in [-0.25, -0.2) is 9.67 Å². The van der Waals surface area contributed by atoms with E-state index < -0.39 is 0 Å². The summed E-state index contributed by atoms with van der Waals surface area (Å²) in [7, 11) is 0. The molecule has 0 spiro atoms.